The number of hydrogen-bond acceptors (Lipinski definition) is 4. The van der Waals surface area contributed by atoms with Crippen molar-refractivity contribution >= 4 is 21.6 Å². The molecule has 1 heterocycles. The minimum absolute atomic E-state index is 0.00803. The Morgan fingerprint density at radius 2 is 1.93 bits per heavy atom. The van der Waals surface area contributed by atoms with Crippen LogP contribution in [0.5, 0.6) is 5.75 Å². The lowest BCUT2D eigenvalue weighted by molar-refractivity contribution is -0.119. The summed E-state index contributed by atoms with van der Waals surface area (Å²) in [7, 11) is -2.17. The molecule has 146 valence electrons. The van der Waals surface area contributed by atoms with Gasteiger partial charge in [-0.05, 0) is 49.2 Å². The Kier molecular flexibility index (Phi) is 6.34. The number of rotatable bonds is 5. The van der Waals surface area contributed by atoms with E-state index in [1.807, 2.05) is 24.3 Å². The van der Waals surface area contributed by atoms with Crippen LogP contribution >= 0.6 is 0 Å². The monoisotopic (exact) mass is 398 g/mol. The Balaban J connectivity index is 1.60. The Hall–Kier alpha value is -2.82. The quantitative estimate of drug-likeness (QED) is 0.786. The lowest BCUT2D eigenvalue weighted by atomic mass is 10.1. The van der Waals surface area contributed by atoms with Crippen molar-refractivity contribution in [2.24, 2.45) is 0 Å². The van der Waals surface area contributed by atoms with Gasteiger partial charge in [-0.3, -0.25) is 4.79 Å². The summed E-state index contributed by atoms with van der Waals surface area (Å²) in [5, 5.41) is 0. The highest BCUT2D eigenvalue weighted by Gasteiger charge is 2.19. The van der Waals surface area contributed by atoms with Crippen LogP contribution in [-0.4, -0.2) is 34.5 Å². The molecule has 0 unspecified atom stereocenters. The summed E-state index contributed by atoms with van der Waals surface area (Å²) in [6, 6.07) is 13.7. The highest BCUT2D eigenvalue weighted by molar-refractivity contribution is 7.89. The van der Waals surface area contributed by atoms with Gasteiger partial charge in [0.2, 0.25) is 15.9 Å². The first-order valence-corrected chi connectivity index (χ1v) is 10.5. The van der Waals surface area contributed by atoms with Crippen molar-refractivity contribution in [1.82, 2.24) is 4.72 Å². The molecule has 0 aromatic heterocycles. The number of benzene rings is 2. The lowest BCUT2D eigenvalue weighted by Gasteiger charge is -2.26. The zero-order valence-electron chi connectivity index (χ0n) is 15.6. The molecule has 1 aliphatic rings. The van der Waals surface area contributed by atoms with Crippen LogP contribution in [0.1, 0.15) is 24.8 Å². The number of amides is 1. The van der Waals surface area contributed by atoms with Crippen molar-refractivity contribution in [3.05, 3.63) is 54.1 Å². The predicted molar refractivity (Wildman–Crippen MR) is 108 cm³/mol. The van der Waals surface area contributed by atoms with Crippen molar-refractivity contribution in [3.8, 4) is 17.6 Å². The maximum atomic E-state index is 12.3. The molecular formula is C21H22N2O4S. The highest BCUT2D eigenvalue weighted by atomic mass is 32.2. The van der Waals surface area contributed by atoms with Crippen LogP contribution in [0.4, 0.5) is 5.69 Å². The number of carbonyl (C=O) groups is 1. The van der Waals surface area contributed by atoms with Crippen LogP contribution in [0.15, 0.2) is 53.4 Å². The zero-order valence-corrected chi connectivity index (χ0v) is 16.5. The van der Waals surface area contributed by atoms with Crippen LogP contribution < -0.4 is 14.4 Å². The minimum Gasteiger partial charge on any atom is -0.497 e. The standard InChI is InChI=1S/C21H22N2O4S/c1-27-19-7-4-8-20(16-19)28(25,26)22-14-5-6-17-10-12-18(13-11-17)23-15-3-2-9-21(23)24/h4,7-8,10-13,16,22H,2-3,9,14-15H2,1H3. The van der Waals surface area contributed by atoms with Crippen molar-refractivity contribution in [2.75, 3.05) is 25.1 Å². The number of piperidine rings is 1. The van der Waals surface area contributed by atoms with E-state index in [-0.39, 0.29) is 17.3 Å². The number of carbonyl (C=O) groups excluding carboxylic acids is 1. The van der Waals surface area contributed by atoms with Crippen molar-refractivity contribution in [3.63, 3.8) is 0 Å². The van der Waals surface area contributed by atoms with Gasteiger partial charge in [0.1, 0.15) is 5.75 Å². The summed E-state index contributed by atoms with van der Waals surface area (Å²) in [5.74, 6) is 6.36. The Bertz CT molecular complexity index is 1000. The van der Waals surface area contributed by atoms with E-state index in [1.54, 1.807) is 17.0 Å². The van der Waals surface area contributed by atoms with Gasteiger partial charge in [-0.25, -0.2) is 8.42 Å². The first kappa shape index (κ1) is 19.9. The van der Waals surface area contributed by atoms with Gasteiger partial charge in [0.05, 0.1) is 18.6 Å². The van der Waals surface area contributed by atoms with Gasteiger partial charge in [-0.2, -0.15) is 4.72 Å². The van der Waals surface area contributed by atoms with E-state index in [2.05, 4.69) is 16.6 Å². The number of sulfonamides is 1. The fraction of sp³-hybridized carbons (Fsp3) is 0.286. The molecule has 0 saturated carbocycles. The molecule has 1 amide bonds. The molecule has 2 aromatic rings. The highest BCUT2D eigenvalue weighted by Crippen LogP contribution is 2.21. The third-order valence-corrected chi connectivity index (χ3v) is 5.84. The molecule has 2 aromatic carbocycles. The number of nitrogens with zero attached hydrogens (tertiary/aromatic N) is 1. The van der Waals surface area contributed by atoms with Crippen molar-refractivity contribution < 1.29 is 17.9 Å². The molecule has 0 atom stereocenters. The van der Waals surface area contributed by atoms with Crippen molar-refractivity contribution in [1.29, 1.82) is 0 Å². The molecule has 1 aliphatic heterocycles. The summed E-state index contributed by atoms with van der Waals surface area (Å²) in [6.45, 7) is 0.738. The molecule has 1 fully saturated rings. The van der Waals surface area contributed by atoms with E-state index < -0.39 is 10.0 Å². The molecule has 0 spiro atoms. The fourth-order valence-corrected chi connectivity index (χ4v) is 3.89. The lowest BCUT2D eigenvalue weighted by Crippen LogP contribution is -2.35. The average Bonchev–Trinajstić information content (AvgIpc) is 2.72. The van der Waals surface area contributed by atoms with E-state index in [1.165, 1.54) is 19.2 Å². The second kappa shape index (κ2) is 8.91. The normalized spacial score (nSPS) is 14.3. The van der Waals surface area contributed by atoms with Crippen LogP contribution in [0.3, 0.4) is 0 Å². The Morgan fingerprint density at radius 1 is 1.14 bits per heavy atom. The number of ether oxygens (including phenoxy) is 1. The van der Waals surface area contributed by atoms with Gasteiger partial charge in [0.25, 0.3) is 0 Å². The number of anilines is 1. The maximum Gasteiger partial charge on any atom is 0.241 e. The number of nitrogens with one attached hydrogen (secondary N) is 1. The summed E-state index contributed by atoms with van der Waals surface area (Å²) >= 11 is 0. The van der Waals surface area contributed by atoms with E-state index in [4.69, 9.17) is 4.74 Å². The smallest absolute Gasteiger partial charge is 0.241 e. The zero-order chi connectivity index (χ0) is 20.0. The van der Waals surface area contributed by atoms with Crippen LogP contribution in [-0.2, 0) is 14.8 Å². The van der Waals surface area contributed by atoms with E-state index in [0.717, 1.165) is 30.6 Å². The predicted octanol–water partition coefficient (Wildman–Crippen LogP) is 2.54. The first-order valence-electron chi connectivity index (χ1n) is 9.02. The molecule has 28 heavy (non-hydrogen) atoms. The summed E-state index contributed by atoms with van der Waals surface area (Å²) in [5.41, 5.74) is 1.63. The van der Waals surface area contributed by atoms with Gasteiger partial charge in [0.15, 0.2) is 0 Å². The average molecular weight is 398 g/mol. The Morgan fingerprint density at radius 3 is 2.64 bits per heavy atom. The second-order valence-corrected chi connectivity index (χ2v) is 8.12. The molecule has 7 heteroatoms. The molecule has 0 radical (unpaired) electrons. The van der Waals surface area contributed by atoms with Crippen LogP contribution in [0.25, 0.3) is 0 Å². The van der Waals surface area contributed by atoms with Gasteiger partial charge in [-0.1, -0.05) is 17.9 Å². The Labute approximate surface area is 165 Å². The maximum absolute atomic E-state index is 12.3. The van der Waals surface area contributed by atoms with E-state index in [0.29, 0.717) is 12.2 Å². The van der Waals surface area contributed by atoms with Gasteiger partial charge in [0, 0.05) is 30.3 Å². The van der Waals surface area contributed by atoms with Crippen LogP contribution in [0.2, 0.25) is 0 Å². The van der Waals surface area contributed by atoms with Gasteiger partial charge < -0.3 is 9.64 Å². The molecular weight excluding hydrogens is 376 g/mol. The molecule has 0 bridgehead atoms. The fourth-order valence-electron chi connectivity index (χ4n) is 2.93. The molecule has 0 aliphatic carbocycles. The molecule has 1 saturated heterocycles. The topological polar surface area (TPSA) is 75.7 Å². The third-order valence-electron chi connectivity index (χ3n) is 4.44. The third kappa shape index (κ3) is 4.91. The number of methoxy groups -OCH3 is 1. The summed E-state index contributed by atoms with van der Waals surface area (Å²) < 4.78 is 32.1. The summed E-state index contributed by atoms with van der Waals surface area (Å²) in [6.07, 6.45) is 2.56. The summed E-state index contributed by atoms with van der Waals surface area (Å²) in [4.78, 5) is 13.9. The number of hydrogen-bond donors (Lipinski definition) is 1. The largest absolute Gasteiger partial charge is 0.497 e. The van der Waals surface area contributed by atoms with E-state index in [9.17, 15) is 13.2 Å². The van der Waals surface area contributed by atoms with Gasteiger partial charge in [-0.15, -0.1) is 0 Å². The first-order chi connectivity index (χ1) is 13.5. The minimum atomic E-state index is -3.65. The molecule has 3 rings (SSSR count). The van der Waals surface area contributed by atoms with Crippen LogP contribution in [0, 0.1) is 11.8 Å². The van der Waals surface area contributed by atoms with E-state index >= 15 is 0 Å². The van der Waals surface area contributed by atoms with Gasteiger partial charge >= 0.3 is 0 Å². The second-order valence-electron chi connectivity index (χ2n) is 6.35. The van der Waals surface area contributed by atoms with Crippen molar-refractivity contribution in [2.45, 2.75) is 24.2 Å². The molecule has 1 N–H and O–H groups in total. The molecule has 6 nitrogen and oxygen atoms in total. The SMILES string of the molecule is COc1cccc(S(=O)(=O)NCC#Cc2ccc(N3CCCCC3=O)cc2)c1.